The molecule has 0 bridgehead atoms. The summed E-state index contributed by atoms with van der Waals surface area (Å²) in [7, 11) is 0. The Labute approximate surface area is 172 Å². The molecule has 0 atom stereocenters. The highest BCUT2D eigenvalue weighted by Gasteiger charge is 2.38. The smallest absolute Gasteiger partial charge is 0.217 e. The van der Waals surface area contributed by atoms with Crippen LogP contribution in [0, 0.1) is 5.82 Å². The third-order valence-electron chi connectivity index (χ3n) is 5.35. The standard InChI is InChI=1S/C24H29FN2O2/c1-18(2)17-29-23-11-7-4-8-20(23)16-27-14-12-24(13-15-27,26-19(3)28)21-9-5-6-10-22(21)25/h4-11H,1,12-17H2,2-3H3,(H,26,28). The van der Waals surface area contributed by atoms with Gasteiger partial charge in [0, 0.05) is 37.7 Å². The van der Waals surface area contributed by atoms with Crippen molar-refractivity contribution in [3.8, 4) is 5.75 Å². The quantitative estimate of drug-likeness (QED) is 0.705. The summed E-state index contributed by atoms with van der Waals surface area (Å²) in [4.78, 5) is 14.2. The normalized spacial score (nSPS) is 16.2. The van der Waals surface area contributed by atoms with Gasteiger partial charge in [-0.3, -0.25) is 9.69 Å². The molecule has 1 heterocycles. The number of carbonyl (C=O) groups excluding carboxylic acids is 1. The lowest BCUT2D eigenvalue weighted by atomic mass is 9.80. The van der Waals surface area contributed by atoms with Gasteiger partial charge in [0.15, 0.2) is 0 Å². The number of hydrogen-bond donors (Lipinski definition) is 1. The van der Waals surface area contributed by atoms with Crippen LogP contribution in [0.3, 0.4) is 0 Å². The molecule has 29 heavy (non-hydrogen) atoms. The number of halogens is 1. The van der Waals surface area contributed by atoms with Gasteiger partial charge in [-0.2, -0.15) is 0 Å². The topological polar surface area (TPSA) is 41.6 Å². The molecule has 1 N–H and O–H groups in total. The summed E-state index contributed by atoms with van der Waals surface area (Å²) in [6, 6.07) is 14.8. The molecule has 5 heteroatoms. The van der Waals surface area contributed by atoms with E-state index in [4.69, 9.17) is 4.74 Å². The maximum absolute atomic E-state index is 14.5. The minimum Gasteiger partial charge on any atom is -0.489 e. The second-order valence-electron chi connectivity index (χ2n) is 7.87. The third-order valence-corrected chi connectivity index (χ3v) is 5.35. The Hall–Kier alpha value is -2.66. The zero-order valence-corrected chi connectivity index (χ0v) is 17.2. The highest BCUT2D eigenvalue weighted by molar-refractivity contribution is 5.74. The number of hydrogen-bond acceptors (Lipinski definition) is 3. The van der Waals surface area contributed by atoms with E-state index in [1.807, 2.05) is 31.2 Å². The van der Waals surface area contributed by atoms with Gasteiger partial charge in [-0.1, -0.05) is 43.0 Å². The van der Waals surface area contributed by atoms with E-state index in [1.54, 1.807) is 12.1 Å². The van der Waals surface area contributed by atoms with Gasteiger partial charge >= 0.3 is 0 Å². The van der Waals surface area contributed by atoms with Crippen LogP contribution in [0.4, 0.5) is 4.39 Å². The van der Waals surface area contributed by atoms with Gasteiger partial charge in [-0.15, -0.1) is 0 Å². The van der Waals surface area contributed by atoms with Gasteiger partial charge in [0.05, 0.1) is 5.54 Å². The molecule has 1 saturated heterocycles. The van der Waals surface area contributed by atoms with E-state index < -0.39 is 5.54 Å². The van der Waals surface area contributed by atoms with E-state index in [0.717, 1.165) is 36.5 Å². The van der Waals surface area contributed by atoms with Crippen LogP contribution >= 0.6 is 0 Å². The van der Waals surface area contributed by atoms with Crippen LogP contribution in [0.5, 0.6) is 5.75 Å². The predicted octanol–water partition coefficient (Wildman–Crippen LogP) is 4.41. The van der Waals surface area contributed by atoms with Crippen molar-refractivity contribution in [1.82, 2.24) is 10.2 Å². The van der Waals surface area contributed by atoms with Gasteiger partial charge in [-0.05, 0) is 37.5 Å². The van der Waals surface area contributed by atoms with Gasteiger partial charge in [0.25, 0.3) is 0 Å². The van der Waals surface area contributed by atoms with Crippen LogP contribution in [0.2, 0.25) is 0 Å². The molecule has 0 spiro atoms. The van der Waals surface area contributed by atoms with Crippen LogP contribution in [-0.2, 0) is 16.9 Å². The number of ether oxygens (including phenoxy) is 1. The highest BCUT2D eigenvalue weighted by Crippen LogP contribution is 2.35. The second kappa shape index (κ2) is 9.23. The van der Waals surface area contributed by atoms with Crippen LogP contribution in [0.25, 0.3) is 0 Å². The molecule has 0 aromatic heterocycles. The average Bonchev–Trinajstić information content (AvgIpc) is 2.69. The fourth-order valence-corrected chi connectivity index (χ4v) is 3.96. The van der Waals surface area contributed by atoms with Gasteiger partial charge < -0.3 is 10.1 Å². The molecule has 0 unspecified atom stereocenters. The van der Waals surface area contributed by atoms with Crippen LogP contribution in [0.1, 0.15) is 37.8 Å². The molecule has 4 nitrogen and oxygen atoms in total. The van der Waals surface area contributed by atoms with Crippen molar-refractivity contribution in [3.63, 3.8) is 0 Å². The van der Waals surface area contributed by atoms with E-state index in [2.05, 4.69) is 22.9 Å². The number of nitrogens with one attached hydrogen (secondary N) is 1. The van der Waals surface area contributed by atoms with Crippen LogP contribution in [0.15, 0.2) is 60.7 Å². The molecule has 154 valence electrons. The van der Waals surface area contributed by atoms with Gasteiger partial charge in [0.1, 0.15) is 18.2 Å². The Kier molecular flexibility index (Phi) is 6.70. The first kappa shape index (κ1) is 21.1. The molecule has 1 aliphatic heterocycles. The molecule has 0 radical (unpaired) electrons. The van der Waals surface area contributed by atoms with Crippen molar-refractivity contribution in [2.45, 2.75) is 38.8 Å². The lowest BCUT2D eigenvalue weighted by molar-refractivity contribution is -0.121. The minimum atomic E-state index is -0.663. The summed E-state index contributed by atoms with van der Waals surface area (Å²) in [5.41, 5.74) is 2.00. The number of carbonyl (C=O) groups is 1. The zero-order valence-electron chi connectivity index (χ0n) is 17.2. The van der Waals surface area contributed by atoms with Gasteiger partial charge in [0.2, 0.25) is 5.91 Å². The number of likely N-dealkylation sites (tertiary alicyclic amines) is 1. The van der Waals surface area contributed by atoms with E-state index in [1.165, 1.54) is 13.0 Å². The predicted molar refractivity (Wildman–Crippen MR) is 113 cm³/mol. The zero-order chi connectivity index (χ0) is 20.9. The molecule has 3 rings (SSSR count). The first-order valence-electron chi connectivity index (χ1n) is 10.0. The highest BCUT2D eigenvalue weighted by atomic mass is 19.1. The second-order valence-corrected chi connectivity index (χ2v) is 7.87. The van der Waals surface area contributed by atoms with Crippen molar-refractivity contribution in [1.29, 1.82) is 0 Å². The SMILES string of the molecule is C=C(C)COc1ccccc1CN1CCC(NC(C)=O)(c2ccccc2F)CC1. The van der Waals surface area contributed by atoms with Gasteiger partial charge in [-0.25, -0.2) is 4.39 Å². The summed E-state index contributed by atoms with van der Waals surface area (Å²) in [5.74, 6) is 0.455. The minimum absolute atomic E-state index is 0.139. The number of amides is 1. The molecule has 0 saturated carbocycles. The number of benzene rings is 2. The maximum atomic E-state index is 14.5. The molecular formula is C24H29FN2O2. The lowest BCUT2D eigenvalue weighted by Gasteiger charge is -2.43. The van der Waals surface area contributed by atoms with Crippen LogP contribution in [-0.4, -0.2) is 30.5 Å². The lowest BCUT2D eigenvalue weighted by Crippen LogP contribution is -2.52. The van der Waals surface area contributed by atoms with E-state index >= 15 is 0 Å². The molecule has 1 fully saturated rings. The largest absolute Gasteiger partial charge is 0.489 e. The summed E-state index contributed by atoms with van der Waals surface area (Å²) < 4.78 is 20.4. The van der Waals surface area contributed by atoms with Crippen molar-refractivity contribution in [2.75, 3.05) is 19.7 Å². The van der Waals surface area contributed by atoms with Crippen molar-refractivity contribution in [2.24, 2.45) is 0 Å². The average molecular weight is 397 g/mol. The Bertz CT molecular complexity index is 873. The number of para-hydroxylation sites is 1. The van der Waals surface area contributed by atoms with E-state index in [9.17, 15) is 9.18 Å². The Morgan fingerprint density at radius 3 is 2.45 bits per heavy atom. The number of piperidine rings is 1. The molecule has 1 amide bonds. The molecule has 1 aliphatic rings. The molecule has 2 aromatic rings. The fourth-order valence-electron chi connectivity index (χ4n) is 3.96. The molecule has 2 aromatic carbocycles. The van der Waals surface area contributed by atoms with E-state index in [0.29, 0.717) is 25.0 Å². The Morgan fingerprint density at radius 1 is 1.14 bits per heavy atom. The van der Waals surface area contributed by atoms with Crippen molar-refractivity contribution in [3.05, 3.63) is 77.6 Å². The first-order valence-corrected chi connectivity index (χ1v) is 10.0. The third kappa shape index (κ3) is 5.24. The number of nitrogens with zero attached hydrogens (tertiary/aromatic N) is 1. The summed E-state index contributed by atoms with van der Waals surface area (Å²) >= 11 is 0. The monoisotopic (exact) mass is 396 g/mol. The van der Waals surface area contributed by atoms with Crippen molar-refractivity contribution < 1.29 is 13.9 Å². The molecular weight excluding hydrogens is 367 g/mol. The van der Waals surface area contributed by atoms with E-state index in [-0.39, 0.29) is 11.7 Å². The summed E-state index contributed by atoms with van der Waals surface area (Å²) in [6.07, 6.45) is 1.31. The number of rotatable bonds is 7. The Balaban J connectivity index is 1.73. The maximum Gasteiger partial charge on any atom is 0.217 e. The van der Waals surface area contributed by atoms with Crippen molar-refractivity contribution >= 4 is 5.91 Å². The molecule has 0 aliphatic carbocycles. The fraction of sp³-hybridized carbons (Fsp3) is 0.375. The first-order chi connectivity index (χ1) is 13.9. The summed E-state index contributed by atoms with van der Waals surface area (Å²) in [5, 5.41) is 3.04. The Morgan fingerprint density at radius 2 is 1.79 bits per heavy atom. The summed E-state index contributed by atoms with van der Waals surface area (Å²) in [6.45, 7) is 10.1. The van der Waals surface area contributed by atoms with Crippen LogP contribution < -0.4 is 10.1 Å².